The number of aromatic nitrogens is 4. The van der Waals surface area contributed by atoms with Gasteiger partial charge in [-0.05, 0) is 31.0 Å². The van der Waals surface area contributed by atoms with E-state index < -0.39 is 5.60 Å². The molecule has 1 aromatic carbocycles. The Labute approximate surface area is 163 Å². The van der Waals surface area contributed by atoms with E-state index in [0.717, 1.165) is 22.9 Å². The van der Waals surface area contributed by atoms with Crippen molar-refractivity contribution in [3.05, 3.63) is 52.8 Å². The van der Waals surface area contributed by atoms with Crippen LogP contribution in [-0.4, -0.2) is 38.0 Å². The molecule has 0 unspecified atom stereocenters. The second-order valence-corrected chi connectivity index (χ2v) is 8.64. The molecule has 0 spiro atoms. The van der Waals surface area contributed by atoms with Gasteiger partial charge in [0.05, 0.1) is 5.60 Å². The normalized spacial score (nSPS) is 17.4. The summed E-state index contributed by atoms with van der Waals surface area (Å²) in [5.74, 6) is 1.71. The number of benzene rings is 1. The average molecular weight is 386 g/mol. The number of anilines is 1. The Hall–Kier alpha value is -2.18. The van der Waals surface area contributed by atoms with E-state index in [4.69, 9.17) is 16.7 Å². The van der Waals surface area contributed by atoms with Gasteiger partial charge >= 0.3 is 0 Å². The van der Waals surface area contributed by atoms with Gasteiger partial charge < -0.3 is 10.0 Å². The molecule has 1 aliphatic rings. The zero-order valence-corrected chi connectivity index (χ0v) is 16.6. The number of hydrogen-bond acceptors (Lipinski definition) is 5. The van der Waals surface area contributed by atoms with Crippen molar-refractivity contribution in [1.82, 2.24) is 19.8 Å². The minimum atomic E-state index is -0.897. The Bertz CT molecular complexity index is 970. The number of hydrogen-bond donors (Lipinski definition) is 1. The summed E-state index contributed by atoms with van der Waals surface area (Å²) in [6.07, 6.45) is 1.20. The zero-order chi connectivity index (χ0) is 19.2. The van der Waals surface area contributed by atoms with E-state index >= 15 is 0 Å². The number of fused-ring (bicyclic) bond motifs is 1. The molecule has 1 aliphatic heterocycles. The summed E-state index contributed by atoms with van der Waals surface area (Å²) in [5.41, 5.74) is 0.514. The first-order valence-electron chi connectivity index (χ1n) is 9.23. The highest BCUT2D eigenvalue weighted by Crippen LogP contribution is 2.37. The van der Waals surface area contributed by atoms with Crippen molar-refractivity contribution in [3.8, 4) is 0 Å². The first kappa shape index (κ1) is 18.2. The molecule has 0 bridgehead atoms. The van der Waals surface area contributed by atoms with Crippen molar-refractivity contribution < 1.29 is 5.11 Å². The molecule has 142 valence electrons. The molecule has 0 amide bonds. The molecule has 0 saturated carbocycles. The van der Waals surface area contributed by atoms with E-state index in [1.165, 1.54) is 0 Å². The Morgan fingerprint density at radius 1 is 1.04 bits per heavy atom. The van der Waals surface area contributed by atoms with Gasteiger partial charge in [-0.1, -0.05) is 50.6 Å². The molecule has 0 radical (unpaired) electrons. The maximum Gasteiger partial charge on any atom is 0.178 e. The molecule has 0 atom stereocenters. The first-order chi connectivity index (χ1) is 12.8. The standard InChI is InChI=1S/C20H24ClN5O/c1-19(2,3)18-23-22-16-8-9-17(24-26(16)18)25-12-10-20(27,11-13-25)14-6-4-5-7-15(14)21/h4-9,27H,10-13H2,1-3H3. The van der Waals surface area contributed by atoms with Crippen LogP contribution >= 0.6 is 11.6 Å². The van der Waals surface area contributed by atoms with Crippen LogP contribution in [0.1, 0.15) is 45.0 Å². The predicted molar refractivity (Wildman–Crippen MR) is 106 cm³/mol. The number of aliphatic hydroxyl groups is 1. The molecule has 3 heterocycles. The summed E-state index contributed by atoms with van der Waals surface area (Å²) in [6.45, 7) is 7.70. The van der Waals surface area contributed by atoms with Gasteiger partial charge in [0.15, 0.2) is 11.5 Å². The zero-order valence-electron chi connectivity index (χ0n) is 15.9. The van der Waals surface area contributed by atoms with E-state index in [1.807, 2.05) is 40.9 Å². The Morgan fingerprint density at radius 3 is 2.41 bits per heavy atom. The molecule has 3 aromatic rings. The van der Waals surface area contributed by atoms with Gasteiger partial charge in [-0.15, -0.1) is 15.3 Å². The van der Waals surface area contributed by atoms with Crippen LogP contribution in [0.4, 0.5) is 5.82 Å². The molecule has 27 heavy (non-hydrogen) atoms. The lowest BCUT2D eigenvalue weighted by Crippen LogP contribution is -2.43. The van der Waals surface area contributed by atoms with Crippen LogP contribution in [0.25, 0.3) is 5.65 Å². The maximum atomic E-state index is 11.1. The highest BCUT2D eigenvalue weighted by Gasteiger charge is 2.36. The first-order valence-corrected chi connectivity index (χ1v) is 9.61. The monoisotopic (exact) mass is 385 g/mol. The van der Waals surface area contributed by atoms with Crippen molar-refractivity contribution in [2.24, 2.45) is 0 Å². The minimum absolute atomic E-state index is 0.142. The molecular formula is C20H24ClN5O. The van der Waals surface area contributed by atoms with Gasteiger partial charge in [0, 0.05) is 29.1 Å². The van der Waals surface area contributed by atoms with Crippen molar-refractivity contribution in [1.29, 1.82) is 0 Å². The van der Waals surface area contributed by atoms with Crippen molar-refractivity contribution in [2.75, 3.05) is 18.0 Å². The lowest BCUT2D eigenvalue weighted by molar-refractivity contribution is 0.0117. The lowest BCUT2D eigenvalue weighted by atomic mass is 9.84. The number of piperidine rings is 1. The fraction of sp³-hybridized carbons (Fsp3) is 0.450. The van der Waals surface area contributed by atoms with Gasteiger partial charge in [0.1, 0.15) is 5.82 Å². The Kier molecular flexibility index (Phi) is 4.35. The van der Waals surface area contributed by atoms with E-state index in [1.54, 1.807) is 0 Å². The average Bonchev–Trinajstić information content (AvgIpc) is 3.06. The molecule has 1 fully saturated rings. The summed E-state index contributed by atoms with van der Waals surface area (Å²) in [7, 11) is 0. The number of rotatable bonds is 2. The molecule has 1 N–H and O–H groups in total. The highest BCUT2D eigenvalue weighted by atomic mass is 35.5. The van der Waals surface area contributed by atoms with Crippen LogP contribution in [0.3, 0.4) is 0 Å². The van der Waals surface area contributed by atoms with Gasteiger partial charge in [-0.2, -0.15) is 4.52 Å². The van der Waals surface area contributed by atoms with Crippen LogP contribution < -0.4 is 4.90 Å². The summed E-state index contributed by atoms with van der Waals surface area (Å²) < 4.78 is 1.82. The van der Waals surface area contributed by atoms with E-state index in [2.05, 4.69) is 35.9 Å². The third-order valence-corrected chi connectivity index (χ3v) is 5.54. The largest absolute Gasteiger partial charge is 0.385 e. The molecule has 2 aromatic heterocycles. The molecule has 7 heteroatoms. The molecule has 1 saturated heterocycles. The summed E-state index contributed by atoms with van der Waals surface area (Å²) in [5, 5.41) is 25.0. The summed E-state index contributed by atoms with van der Waals surface area (Å²) in [4.78, 5) is 2.19. The second kappa shape index (κ2) is 6.46. The number of halogens is 1. The quantitative estimate of drug-likeness (QED) is 0.730. The fourth-order valence-electron chi connectivity index (χ4n) is 3.63. The third-order valence-electron chi connectivity index (χ3n) is 5.21. The van der Waals surface area contributed by atoms with Crippen LogP contribution in [0.2, 0.25) is 5.02 Å². The molecular weight excluding hydrogens is 362 g/mol. The summed E-state index contributed by atoms with van der Waals surface area (Å²) >= 11 is 6.31. The predicted octanol–water partition coefficient (Wildman–Crippen LogP) is 3.56. The topological polar surface area (TPSA) is 66.5 Å². The fourth-order valence-corrected chi connectivity index (χ4v) is 3.94. The van der Waals surface area contributed by atoms with Crippen molar-refractivity contribution >= 4 is 23.1 Å². The van der Waals surface area contributed by atoms with Gasteiger partial charge in [0.25, 0.3) is 0 Å². The molecule has 4 rings (SSSR count). The SMILES string of the molecule is CC(C)(C)c1nnc2ccc(N3CCC(O)(c4ccccc4Cl)CC3)nn12. The second-order valence-electron chi connectivity index (χ2n) is 8.23. The highest BCUT2D eigenvalue weighted by molar-refractivity contribution is 6.31. The summed E-state index contributed by atoms with van der Waals surface area (Å²) in [6, 6.07) is 11.5. The Balaban J connectivity index is 1.59. The van der Waals surface area contributed by atoms with Gasteiger partial charge in [0.2, 0.25) is 0 Å². The van der Waals surface area contributed by atoms with E-state index in [-0.39, 0.29) is 5.41 Å². The van der Waals surface area contributed by atoms with Crippen LogP contribution in [0.15, 0.2) is 36.4 Å². The smallest absolute Gasteiger partial charge is 0.178 e. The van der Waals surface area contributed by atoms with Crippen LogP contribution in [0, 0.1) is 0 Å². The van der Waals surface area contributed by atoms with E-state index in [9.17, 15) is 5.11 Å². The Morgan fingerprint density at radius 2 is 1.74 bits per heavy atom. The van der Waals surface area contributed by atoms with Gasteiger partial charge in [-0.3, -0.25) is 0 Å². The van der Waals surface area contributed by atoms with Crippen molar-refractivity contribution in [3.63, 3.8) is 0 Å². The van der Waals surface area contributed by atoms with Crippen molar-refractivity contribution in [2.45, 2.75) is 44.6 Å². The third kappa shape index (κ3) is 3.28. The maximum absolute atomic E-state index is 11.1. The molecule has 6 nitrogen and oxygen atoms in total. The lowest BCUT2D eigenvalue weighted by Gasteiger charge is -2.39. The van der Waals surface area contributed by atoms with Crippen LogP contribution in [-0.2, 0) is 11.0 Å². The van der Waals surface area contributed by atoms with E-state index in [0.29, 0.717) is 31.0 Å². The van der Waals surface area contributed by atoms with Gasteiger partial charge in [-0.25, -0.2) is 0 Å². The minimum Gasteiger partial charge on any atom is -0.385 e. The molecule has 0 aliphatic carbocycles. The van der Waals surface area contributed by atoms with Crippen LogP contribution in [0.5, 0.6) is 0 Å². The number of nitrogens with zero attached hydrogens (tertiary/aromatic N) is 5.